The molecule has 3 unspecified atom stereocenters. The van der Waals surface area contributed by atoms with Gasteiger partial charge >= 0.3 is 0 Å². The summed E-state index contributed by atoms with van der Waals surface area (Å²) in [4.78, 5) is 9.80. The lowest BCUT2D eigenvalue weighted by Gasteiger charge is -2.25. The van der Waals surface area contributed by atoms with Gasteiger partial charge in [-0.25, -0.2) is 0 Å². The Morgan fingerprint density at radius 2 is 2.10 bits per heavy atom. The van der Waals surface area contributed by atoms with Crippen molar-refractivity contribution in [1.29, 1.82) is 0 Å². The minimum absolute atomic E-state index is 0.683. The van der Waals surface area contributed by atoms with Gasteiger partial charge in [-0.1, -0.05) is 25.5 Å². The van der Waals surface area contributed by atoms with E-state index in [1.165, 1.54) is 25.7 Å². The maximum Gasteiger partial charge on any atom is 0.194 e. The highest BCUT2D eigenvalue weighted by atomic mass is 15.4. The van der Waals surface area contributed by atoms with Crippen molar-refractivity contribution in [1.82, 2.24) is 15.1 Å². The quantitative estimate of drug-likeness (QED) is 0.478. The predicted molar refractivity (Wildman–Crippen MR) is 88.6 cm³/mol. The molecule has 3 rings (SSSR count). The van der Waals surface area contributed by atoms with E-state index in [0.717, 1.165) is 44.6 Å². The summed E-state index contributed by atoms with van der Waals surface area (Å²) in [5, 5.41) is 3.72. The van der Waals surface area contributed by atoms with Crippen LogP contribution in [0.4, 0.5) is 0 Å². The Bertz CT molecular complexity index is 396. The summed E-state index contributed by atoms with van der Waals surface area (Å²) in [7, 11) is 0. The molecule has 0 amide bonds. The number of likely N-dealkylation sites (tertiary alicyclic amines) is 1. The molecule has 0 bridgehead atoms. The summed E-state index contributed by atoms with van der Waals surface area (Å²) in [6.07, 6.45) is 9.86. The monoisotopic (exact) mass is 290 g/mol. The first-order valence-corrected chi connectivity index (χ1v) is 8.76. The van der Waals surface area contributed by atoms with Crippen molar-refractivity contribution in [3.63, 3.8) is 0 Å². The Hall–Kier alpha value is -1.03. The van der Waals surface area contributed by atoms with Gasteiger partial charge in [0.1, 0.15) is 0 Å². The van der Waals surface area contributed by atoms with Crippen molar-refractivity contribution in [3.05, 3.63) is 12.2 Å². The predicted octanol–water partition coefficient (Wildman–Crippen LogP) is 2.09. The van der Waals surface area contributed by atoms with Crippen LogP contribution in [-0.4, -0.2) is 60.6 Å². The highest BCUT2D eigenvalue weighted by Gasteiger charge is 2.38. The van der Waals surface area contributed by atoms with Gasteiger partial charge < -0.3 is 10.2 Å². The van der Waals surface area contributed by atoms with Crippen LogP contribution in [0.3, 0.4) is 0 Å². The van der Waals surface area contributed by atoms with Gasteiger partial charge in [-0.2, -0.15) is 0 Å². The van der Waals surface area contributed by atoms with E-state index >= 15 is 0 Å². The van der Waals surface area contributed by atoms with Crippen LogP contribution >= 0.6 is 0 Å². The first kappa shape index (κ1) is 14.9. The maximum atomic E-state index is 4.74. The van der Waals surface area contributed by atoms with Gasteiger partial charge in [0.2, 0.25) is 0 Å². The largest absolute Gasteiger partial charge is 0.353 e. The number of guanidine groups is 1. The van der Waals surface area contributed by atoms with Gasteiger partial charge in [0.15, 0.2) is 5.96 Å². The molecule has 0 spiro atoms. The lowest BCUT2D eigenvalue weighted by atomic mass is 10.2. The fourth-order valence-corrected chi connectivity index (χ4v) is 3.69. The molecule has 4 heteroatoms. The molecule has 4 nitrogen and oxygen atoms in total. The Kier molecular flexibility index (Phi) is 4.84. The molecular formula is C17H30N4. The highest BCUT2D eigenvalue weighted by Crippen LogP contribution is 2.34. The van der Waals surface area contributed by atoms with E-state index in [4.69, 9.17) is 4.99 Å². The summed E-state index contributed by atoms with van der Waals surface area (Å²) >= 11 is 0. The SMILES string of the molecule is CCCC1CC1NC(=NCC)N1CCC(N2CC=CC2)C1. The second-order valence-corrected chi connectivity index (χ2v) is 6.65. The molecule has 0 radical (unpaired) electrons. The molecule has 0 aromatic rings. The number of hydrogen-bond acceptors (Lipinski definition) is 2. The van der Waals surface area contributed by atoms with Gasteiger partial charge in [-0.15, -0.1) is 0 Å². The smallest absolute Gasteiger partial charge is 0.194 e. The molecule has 118 valence electrons. The summed E-state index contributed by atoms with van der Waals surface area (Å²) in [5.74, 6) is 2.05. The molecule has 0 aromatic heterocycles. The molecule has 3 atom stereocenters. The van der Waals surface area contributed by atoms with E-state index in [-0.39, 0.29) is 0 Å². The zero-order valence-electron chi connectivity index (χ0n) is 13.6. The molecule has 2 fully saturated rings. The topological polar surface area (TPSA) is 30.9 Å². The van der Waals surface area contributed by atoms with Crippen LogP contribution in [0.1, 0.15) is 39.5 Å². The number of hydrogen-bond donors (Lipinski definition) is 1. The van der Waals surface area contributed by atoms with E-state index in [0.29, 0.717) is 12.1 Å². The Balaban J connectivity index is 1.52. The van der Waals surface area contributed by atoms with Crippen LogP contribution in [0.15, 0.2) is 17.1 Å². The average Bonchev–Trinajstić information content (AvgIpc) is 2.92. The van der Waals surface area contributed by atoms with E-state index in [9.17, 15) is 0 Å². The van der Waals surface area contributed by atoms with Crippen molar-refractivity contribution in [2.24, 2.45) is 10.9 Å². The first-order chi connectivity index (χ1) is 10.3. The number of rotatable bonds is 5. The molecular weight excluding hydrogens is 260 g/mol. The van der Waals surface area contributed by atoms with Gasteiger partial charge in [0, 0.05) is 44.8 Å². The fraction of sp³-hybridized carbons (Fsp3) is 0.824. The molecule has 1 saturated heterocycles. The van der Waals surface area contributed by atoms with Crippen LogP contribution in [0.2, 0.25) is 0 Å². The molecule has 2 heterocycles. The normalized spacial score (nSPS) is 33.0. The second-order valence-electron chi connectivity index (χ2n) is 6.65. The Morgan fingerprint density at radius 3 is 2.81 bits per heavy atom. The molecule has 1 saturated carbocycles. The standard InChI is InChI=1S/C17H30N4/c1-3-7-14-12-16(14)19-17(18-4-2)21-11-8-15(13-21)20-9-5-6-10-20/h5-6,14-16H,3-4,7-13H2,1-2H3,(H,18,19). The third kappa shape index (κ3) is 3.60. The van der Waals surface area contributed by atoms with Crippen LogP contribution < -0.4 is 5.32 Å². The lowest BCUT2D eigenvalue weighted by Crippen LogP contribution is -2.44. The van der Waals surface area contributed by atoms with Crippen molar-refractivity contribution < 1.29 is 0 Å². The minimum atomic E-state index is 0.683. The van der Waals surface area contributed by atoms with E-state index in [1.807, 2.05) is 0 Å². The minimum Gasteiger partial charge on any atom is -0.353 e. The highest BCUT2D eigenvalue weighted by molar-refractivity contribution is 5.81. The third-order valence-corrected chi connectivity index (χ3v) is 5.03. The van der Waals surface area contributed by atoms with Crippen LogP contribution in [0.25, 0.3) is 0 Å². The van der Waals surface area contributed by atoms with Crippen LogP contribution in [0, 0.1) is 5.92 Å². The summed E-state index contributed by atoms with van der Waals surface area (Å²) in [6.45, 7) is 9.85. The number of nitrogens with zero attached hydrogens (tertiary/aromatic N) is 3. The summed E-state index contributed by atoms with van der Waals surface area (Å²) < 4.78 is 0. The third-order valence-electron chi connectivity index (χ3n) is 5.03. The zero-order chi connectivity index (χ0) is 14.7. The van der Waals surface area contributed by atoms with E-state index in [2.05, 4.69) is 41.1 Å². The first-order valence-electron chi connectivity index (χ1n) is 8.76. The molecule has 3 aliphatic rings. The van der Waals surface area contributed by atoms with Gasteiger partial charge in [0.05, 0.1) is 0 Å². The van der Waals surface area contributed by atoms with Crippen molar-refractivity contribution >= 4 is 5.96 Å². The molecule has 21 heavy (non-hydrogen) atoms. The van der Waals surface area contributed by atoms with Crippen LogP contribution in [-0.2, 0) is 0 Å². The Labute approximate surface area is 129 Å². The van der Waals surface area contributed by atoms with Crippen LogP contribution in [0.5, 0.6) is 0 Å². The van der Waals surface area contributed by atoms with Crippen molar-refractivity contribution in [2.45, 2.75) is 51.6 Å². The number of aliphatic imine (C=N–C) groups is 1. The van der Waals surface area contributed by atoms with Crippen molar-refractivity contribution in [3.8, 4) is 0 Å². The second kappa shape index (κ2) is 6.82. The molecule has 2 aliphatic heterocycles. The number of nitrogens with one attached hydrogen (secondary N) is 1. The van der Waals surface area contributed by atoms with E-state index < -0.39 is 0 Å². The van der Waals surface area contributed by atoms with Gasteiger partial charge in [-0.3, -0.25) is 9.89 Å². The Morgan fingerprint density at radius 1 is 1.29 bits per heavy atom. The molecule has 0 aromatic carbocycles. The lowest BCUT2D eigenvalue weighted by molar-refractivity contribution is 0.259. The summed E-state index contributed by atoms with van der Waals surface area (Å²) in [5.41, 5.74) is 0. The van der Waals surface area contributed by atoms with E-state index in [1.54, 1.807) is 0 Å². The molecule has 1 aliphatic carbocycles. The fourth-order valence-electron chi connectivity index (χ4n) is 3.69. The zero-order valence-corrected chi connectivity index (χ0v) is 13.6. The van der Waals surface area contributed by atoms with Gasteiger partial charge in [-0.05, 0) is 32.1 Å². The maximum absolute atomic E-state index is 4.74. The summed E-state index contributed by atoms with van der Waals surface area (Å²) in [6, 6.07) is 1.39. The van der Waals surface area contributed by atoms with Gasteiger partial charge in [0.25, 0.3) is 0 Å². The van der Waals surface area contributed by atoms with Crippen molar-refractivity contribution in [2.75, 3.05) is 32.7 Å². The molecule has 1 N–H and O–H groups in total. The average molecular weight is 290 g/mol.